The van der Waals surface area contributed by atoms with E-state index in [9.17, 15) is 19.7 Å². The molecule has 8 nitrogen and oxygen atoms in total. The molecule has 0 unspecified atom stereocenters. The molecular weight excluding hydrogens is 366 g/mol. The average molecular weight is 393 g/mol. The highest BCUT2D eigenvalue weighted by Crippen LogP contribution is 2.35. The fourth-order valence-corrected chi connectivity index (χ4v) is 3.62. The van der Waals surface area contributed by atoms with Crippen molar-refractivity contribution < 1.29 is 28.7 Å². The molecule has 1 saturated carbocycles. The van der Waals surface area contributed by atoms with Crippen LogP contribution in [-0.4, -0.2) is 36.7 Å². The number of hydrogen-bond donors (Lipinski definition) is 0. The lowest BCUT2D eigenvalue weighted by Crippen LogP contribution is -2.36. The lowest BCUT2D eigenvalue weighted by molar-refractivity contribution is -0.385. The summed E-state index contributed by atoms with van der Waals surface area (Å²) >= 11 is 0. The van der Waals surface area contributed by atoms with Gasteiger partial charge in [-0.05, 0) is 42.7 Å². The molecule has 0 amide bonds. The molecule has 28 heavy (non-hydrogen) atoms. The zero-order valence-electron chi connectivity index (χ0n) is 16.7. The zero-order chi connectivity index (χ0) is 20.8. The molecule has 0 spiro atoms. The Morgan fingerprint density at radius 3 is 2.61 bits per heavy atom. The number of rotatable bonds is 7. The van der Waals surface area contributed by atoms with Crippen LogP contribution >= 0.6 is 0 Å². The maximum Gasteiger partial charge on any atom is 0.344 e. The van der Waals surface area contributed by atoms with Gasteiger partial charge in [0, 0.05) is 6.07 Å². The van der Waals surface area contributed by atoms with Crippen LogP contribution in [0.4, 0.5) is 5.69 Å². The van der Waals surface area contributed by atoms with Crippen LogP contribution in [0, 0.1) is 27.9 Å². The minimum atomic E-state index is -0.833. The first kappa shape index (κ1) is 21.7. The molecule has 1 aromatic carbocycles. The van der Waals surface area contributed by atoms with Gasteiger partial charge < -0.3 is 14.2 Å². The maximum absolute atomic E-state index is 12.2. The van der Waals surface area contributed by atoms with Crippen LogP contribution in [0.2, 0.25) is 0 Å². The van der Waals surface area contributed by atoms with Crippen molar-refractivity contribution in [3.05, 3.63) is 33.9 Å². The van der Waals surface area contributed by atoms with Gasteiger partial charge in [-0.25, -0.2) is 9.59 Å². The summed E-state index contributed by atoms with van der Waals surface area (Å²) in [5.41, 5.74) is -0.387. The number of benzene rings is 1. The highest BCUT2D eigenvalue weighted by atomic mass is 16.6. The van der Waals surface area contributed by atoms with E-state index in [-0.39, 0.29) is 23.1 Å². The molecule has 2 rings (SSSR count). The number of hydrogen-bond acceptors (Lipinski definition) is 7. The summed E-state index contributed by atoms with van der Waals surface area (Å²) in [4.78, 5) is 34.7. The van der Waals surface area contributed by atoms with Crippen LogP contribution in [0.15, 0.2) is 18.2 Å². The molecular formula is C20H27NO7. The lowest BCUT2D eigenvalue weighted by atomic mass is 9.75. The number of methoxy groups -OCH3 is 1. The van der Waals surface area contributed by atoms with Crippen molar-refractivity contribution in [3.63, 3.8) is 0 Å². The van der Waals surface area contributed by atoms with E-state index in [1.165, 1.54) is 19.2 Å². The van der Waals surface area contributed by atoms with Crippen LogP contribution < -0.4 is 4.74 Å². The molecule has 1 fully saturated rings. The van der Waals surface area contributed by atoms with Crippen LogP contribution in [0.3, 0.4) is 0 Å². The van der Waals surface area contributed by atoms with Gasteiger partial charge in [-0.2, -0.15) is 0 Å². The van der Waals surface area contributed by atoms with Gasteiger partial charge in [0.25, 0.3) is 0 Å². The van der Waals surface area contributed by atoms with Crippen LogP contribution in [0.1, 0.15) is 50.4 Å². The number of nitrogens with zero attached hydrogens (tertiary/aromatic N) is 1. The molecule has 8 heteroatoms. The Hall–Kier alpha value is -2.64. The van der Waals surface area contributed by atoms with Crippen molar-refractivity contribution in [2.75, 3.05) is 13.7 Å². The second-order valence-corrected chi connectivity index (χ2v) is 7.57. The summed E-state index contributed by atoms with van der Waals surface area (Å²) in [6.45, 7) is 5.82. The third-order valence-corrected chi connectivity index (χ3v) is 5.18. The van der Waals surface area contributed by atoms with Crippen molar-refractivity contribution in [2.45, 2.75) is 46.1 Å². The second kappa shape index (κ2) is 9.52. The SMILES string of the molecule is COc1ccc(C(=O)OCC(=O)O[C@@H]2C[C@@H](C)CC[C@@H]2C(C)C)cc1[N+](=O)[O-]. The summed E-state index contributed by atoms with van der Waals surface area (Å²) in [6, 6.07) is 3.71. The van der Waals surface area contributed by atoms with E-state index in [0.29, 0.717) is 17.8 Å². The van der Waals surface area contributed by atoms with E-state index in [4.69, 9.17) is 14.2 Å². The average Bonchev–Trinajstić information content (AvgIpc) is 2.65. The van der Waals surface area contributed by atoms with Crippen molar-refractivity contribution in [3.8, 4) is 5.75 Å². The number of nitro benzene ring substituents is 1. The first-order valence-corrected chi connectivity index (χ1v) is 9.42. The Labute approximate surface area is 164 Å². The van der Waals surface area contributed by atoms with Gasteiger partial charge in [0.15, 0.2) is 12.4 Å². The molecule has 1 aromatic rings. The Morgan fingerprint density at radius 2 is 2.00 bits per heavy atom. The Morgan fingerprint density at radius 1 is 1.29 bits per heavy atom. The van der Waals surface area contributed by atoms with Gasteiger partial charge in [0.1, 0.15) is 6.10 Å². The number of ether oxygens (including phenoxy) is 3. The van der Waals surface area contributed by atoms with Crippen molar-refractivity contribution in [1.29, 1.82) is 0 Å². The molecule has 0 N–H and O–H groups in total. The number of esters is 2. The van der Waals surface area contributed by atoms with Gasteiger partial charge in [-0.1, -0.05) is 27.2 Å². The van der Waals surface area contributed by atoms with Gasteiger partial charge in [-0.15, -0.1) is 0 Å². The first-order chi connectivity index (χ1) is 13.2. The summed E-state index contributed by atoms with van der Waals surface area (Å²) < 4.78 is 15.5. The Bertz CT molecular complexity index is 731. The topological polar surface area (TPSA) is 105 Å². The normalized spacial score (nSPS) is 21.8. The van der Waals surface area contributed by atoms with E-state index in [1.54, 1.807) is 0 Å². The molecule has 0 saturated heterocycles. The van der Waals surface area contributed by atoms with E-state index in [0.717, 1.165) is 25.3 Å². The van der Waals surface area contributed by atoms with Gasteiger partial charge in [-0.3, -0.25) is 10.1 Å². The Balaban J connectivity index is 1.96. The maximum atomic E-state index is 12.2. The van der Waals surface area contributed by atoms with Gasteiger partial charge >= 0.3 is 17.6 Å². The van der Waals surface area contributed by atoms with E-state index < -0.39 is 23.5 Å². The zero-order valence-corrected chi connectivity index (χ0v) is 16.7. The molecule has 0 aromatic heterocycles. The molecule has 3 atom stereocenters. The molecule has 1 aliphatic rings. The predicted molar refractivity (Wildman–Crippen MR) is 101 cm³/mol. The van der Waals surface area contributed by atoms with E-state index in [1.807, 2.05) is 0 Å². The van der Waals surface area contributed by atoms with Crippen LogP contribution in [0.5, 0.6) is 5.75 Å². The minimum absolute atomic E-state index is 0.0344. The summed E-state index contributed by atoms with van der Waals surface area (Å²) in [7, 11) is 1.30. The van der Waals surface area contributed by atoms with E-state index >= 15 is 0 Å². The first-order valence-electron chi connectivity index (χ1n) is 9.42. The van der Waals surface area contributed by atoms with Crippen molar-refractivity contribution in [2.24, 2.45) is 17.8 Å². The molecule has 0 heterocycles. The quantitative estimate of drug-likeness (QED) is 0.394. The molecule has 1 aliphatic carbocycles. The minimum Gasteiger partial charge on any atom is -0.490 e. The fourth-order valence-electron chi connectivity index (χ4n) is 3.62. The number of carbonyl (C=O) groups excluding carboxylic acids is 2. The van der Waals surface area contributed by atoms with Crippen LogP contribution in [-0.2, 0) is 14.3 Å². The van der Waals surface area contributed by atoms with Gasteiger partial charge in [0.05, 0.1) is 17.6 Å². The number of carbonyl (C=O) groups is 2. The standard InChI is InChI=1S/C20H27NO7/c1-12(2)15-7-5-13(3)9-18(15)28-19(22)11-27-20(23)14-6-8-17(26-4)16(10-14)21(24)25/h6,8,10,12-13,15,18H,5,7,9,11H2,1-4H3/t13-,15+,18+/m0/s1. The summed E-state index contributed by atoms with van der Waals surface area (Å²) in [6.07, 6.45) is 2.73. The summed E-state index contributed by atoms with van der Waals surface area (Å²) in [5.74, 6) is -0.240. The fraction of sp³-hybridized carbons (Fsp3) is 0.600. The van der Waals surface area contributed by atoms with E-state index in [2.05, 4.69) is 20.8 Å². The molecule has 154 valence electrons. The third kappa shape index (κ3) is 5.43. The monoisotopic (exact) mass is 393 g/mol. The highest BCUT2D eigenvalue weighted by Gasteiger charge is 2.33. The molecule has 0 bridgehead atoms. The molecule has 0 radical (unpaired) electrons. The van der Waals surface area contributed by atoms with Crippen molar-refractivity contribution >= 4 is 17.6 Å². The van der Waals surface area contributed by atoms with Crippen LogP contribution in [0.25, 0.3) is 0 Å². The Kier molecular flexibility index (Phi) is 7.37. The highest BCUT2D eigenvalue weighted by molar-refractivity contribution is 5.91. The number of nitro groups is 1. The largest absolute Gasteiger partial charge is 0.490 e. The summed E-state index contributed by atoms with van der Waals surface area (Å²) in [5, 5.41) is 11.1. The molecule has 0 aliphatic heterocycles. The smallest absolute Gasteiger partial charge is 0.344 e. The second-order valence-electron chi connectivity index (χ2n) is 7.57. The third-order valence-electron chi connectivity index (χ3n) is 5.18. The van der Waals surface area contributed by atoms with Crippen molar-refractivity contribution in [1.82, 2.24) is 0 Å². The predicted octanol–water partition coefficient (Wildman–Crippen LogP) is 3.76. The lowest BCUT2D eigenvalue weighted by Gasteiger charge is -2.36. The van der Waals surface area contributed by atoms with Gasteiger partial charge in [0.2, 0.25) is 0 Å².